The Morgan fingerprint density at radius 1 is 1.10 bits per heavy atom. The second-order valence-electron chi connectivity index (χ2n) is 7.51. The first-order chi connectivity index (χ1) is 14.0. The normalized spacial score (nSPS) is 16.4. The number of aromatic nitrogens is 1. The molecule has 0 spiro atoms. The Kier molecular flexibility index (Phi) is 5.45. The molecule has 3 aromatic rings. The van der Waals surface area contributed by atoms with Gasteiger partial charge in [-0.05, 0) is 26.0 Å². The first kappa shape index (κ1) is 19.3. The van der Waals surface area contributed by atoms with E-state index in [1.807, 2.05) is 61.7 Å². The molecule has 1 aliphatic rings. The van der Waals surface area contributed by atoms with Gasteiger partial charge in [0.15, 0.2) is 0 Å². The van der Waals surface area contributed by atoms with Crippen LogP contribution in [0.15, 0.2) is 60.0 Å². The van der Waals surface area contributed by atoms with Crippen molar-refractivity contribution in [2.24, 2.45) is 5.92 Å². The average molecular weight is 406 g/mol. The Morgan fingerprint density at radius 2 is 1.83 bits per heavy atom. The number of carbonyl (C=O) groups is 2. The van der Waals surface area contributed by atoms with Gasteiger partial charge in [-0.1, -0.05) is 42.5 Å². The second-order valence-corrected chi connectivity index (χ2v) is 8.37. The minimum atomic E-state index is -0.295. The quantitative estimate of drug-likeness (QED) is 0.671. The fraction of sp³-hybridized carbons (Fsp3) is 0.261. The van der Waals surface area contributed by atoms with Crippen LogP contribution in [0.2, 0.25) is 0 Å². The molecule has 6 heteroatoms. The third-order valence-corrected chi connectivity index (χ3v) is 6.02. The van der Waals surface area contributed by atoms with E-state index >= 15 is 0 Å². The van der Waals surface area contributed by atoms with Crippen molar-refractivity contribution in [2.75, 3.05) is 11.9 Å². The lowest BCUT2D eigenvalue weighted by molar-refractivity contribution is -0.129. The smallest absolute Gasteiger partial charge is 0.229 e. The summed E-state index contributed by atoms with van der Waals surface area (Å²) in [5.41, 5.74) is 3.76. The molecule has 1 N–H and O–H groups in total. The standard InChI is InChI=1S/C23H23N3O2S/c1-15(2)26-13-18(12-21(26)27)22(28)24-19-10-8-16(9-11-19)20-14-29-23(25-20)17-6-4-3-5-7-17/h3-11,14-15,18H,12-13H2,1-2H3,(H,24,28). The maximum Gasteiger partial charge on any atom is 0.229 e. The third-order valence-electron chi connectivity index (χ3n) is 5.13. The minimum absolute atomic E-state index is 0.0493. The van der Waals surface area contributed by atoms with Crippen molar-refractivity contribution in [3.63, 3.8) is 0 Å². The van der Waals surface area contributed by atoms with E-state index in [2.05, 4.69) is 17.4 Å². The van der Waals surface area contributed by atoms with E-state index in [1.165, 1.54) is 0 Å². The number of nitrogens with one attached hydrogen (secondary N) is 1. The average Bonchev–Trinajstić information content (AvgIpc) is 3.36. The van der Waals surface area contributed by atoms with Crippen molar-refractivity contribution in [2.45, 2.75) is 26.3 Å². The van der Waals surface area contributed by atoms with Gasteiger partial charge in [-0.3, -0.25) is 9.59 Å². The first-order valence-electron chi connectivity index (χ1n) is 9.73. The van der Waals surface area contributed by atoms with Gasteiger partial charge < -0.3 is 10.2 Å². The van der Waals surface area contributed by atoms with Gasteiger partial charge in [-0.25, -0.2) is 4.98 Å². The molecule has 1 aliphatic heterocycles. The largest absolute Gasteiger partial charge is 0.339 e. The maximum absolute atomic E-state index is 12.5. The molecule has 0 bridgehead atoms. The number of nitrogens with zero attached hydrogens (tertiary/aromatic N) is 2. The van der Waals surface area contributed by atoms with Crippen LogP contribution < -0.4 is 5.32 Å². The summed E-state index contributed by atoms with van der Waals surface area (Å²) in [6, 6.07) is 17.9. The molecule has 4 rings (SSSR count). The number of rotatable bonds is 5. The lowest BCUT2D eigenvalue weighted by Crippen LogP contribution is -2.33. The highest BCUT2D eigenvalue weighted by Crippen LogP contribution is 2.29. The molecule has 1 atom stereocenters. The molecular weight excluding hydrogens is 382 g/mol. The van der Waals surface area contributed by atoms with E-state index in [-0.39, 0.29) is 30.2 Å². The van der Waals surface area contributed by atoms with Gasteiger partial charge in [-0.15, -0.1) is 11.3 Å². The molecule has 5 nitrogen and oxygen atoms in total. The van der Waals surface area contributed by atoms with Gasteiger partial charge in [0.25, 0.3) is 0 Å². The van der Waals surface area contributed by atoms with Crippen LogP contribution in [0.25, 0.3) is 21.8 Å². The van der Waals surface area contributed by atoms with Crippen LogP contribution in [-0.2, 0) is 9.59 Å². The van der Waals surface area contributed by atoms with E-state index in [0.29, 0.717) is 6.54 Å². The van der Waals surface area contributed by atoms with Crippen LogP contribution >= 0.6 is 11.3 Å². The minimum Gasteiger partial charge on any atom is -0.339 e. The van der Waals surface area contributed by atoms with E-state index < -0.39 is 0 Å². The molecule has 0 aliphatic carbocycles. The molecule has 1 unspecified atom stereocenters. The topological polar surface area (TPSA) is 62.3 Å². The molecule has 1 aromatic heterocycles. The van der Waals surface area contributed by atoms with Crippen LogP contribution in [0.5, 0.6) is 0 Å². The highest BCUT2D eigenvalue weighted by atomic mass is 32.1. The molecule has 1 fully saturated rings. The Balaban J connectivity index is 1.42. The number of amides is 2. The molecular formula is C23H23N3O2S. The number of anilines is 1. The van der Waals surface area contributed by atoms with Crippen molar-refractivity contribution in [3.8, 4) is 21.8 Å². The number of hydrogen-bond donors (Lipinski definition) is 1. The zero-order valence-electron chi connectivity index (χ0n) is 16.5. The number of carbonyl (C=O) groups excluding carboxylic acids is 2. The predicted molar refractivity (Wildman–Crippen MR) is 117 cm³/mol. The van der Waals surface area contributed by atoms with Crippen LogP contribution in [0.1, 0.15) is 20.3 Å². The molecule has 0 radical (unpaired) electrons. The van der Waals surface area contributed by atoms with Gasteiger partial charge in [-0.2, -0.15) is 0 Å². The SMILES string of the molecule is CC(C)N1CC(C(=O)Nc2ccc(-c3csc(-c4ccccc4)n3)cc2)CC1=O. The third kappa shape index (κ3) is 4.22. The summed E-state index contributed by atoms with van der Waals surface area (Å²) in [6.45, 7) is 4.43. The van der Waals surface area contributed by atoms with E-state index in [9.17, 15) is 9.59 Å². The predicted octanol–water partition coefficient (Wildman–Crippen LogP) is 4.67. The molecule has 2 amide bonds. The van der Waals surface area contributed by atoms with Crippen molar-refractivity contribution < 1.29 is 9.59 Å². The number of hydrogen-bond acceptors (Lipinski definition) is 4. The van der Waals surface area contributed by atoms with Gasteiger partial charge in [0.1, 0.15) is 5.01 Å². The molecule has 148 valence electrons. The molecule has 2 heterocycles. The number of benzene rings is 2. The van der Waals surface area contributed by atoms with Crippen molar-refractivity contribution in [1.29, 1.82) is 0 Å². The fourth-order valence-corrected chi connectivity index (χ4v) is 4.33. The highest BCUT2D eigenvalue weighted by molar-refractivity contribution is 7.13. The number of thiazole rings is 1. The first-order valence-corrected chi connectivity index (χ1v) is 10.6. The summed E-state index contributed by atoms with van der Waals surface area (Å²) < 4.78 is 0. The van der Waals surface area contributed by atoms with Crippen LogP contribution in [0, 0.1) is 5.92 Å². The molecule has 1 saturated heterocycles. The van der Waals surface area contributed by atoms with E-state index in [1.54, 1.807) is 16.2 Å². The summed E-state index contributed by atoms with van der Waals surface area (Å²) in [4.78, 5) is 31.1. The highest BCUT2D eigenvalue weighted by Gasteiger charge is 2.35. The van der Waals surface area contributed by atoms with Crippen molar-refractivity contribution in [1.82, 2.24) is 9.88 Å². The Morgan fingerprint density at radius 3 is 2.48 bits per heavy atom. The lowest BCUT2D eigenvalue weighted by Gasteiger charge is -2.20. The summed E-state index contributed by atoms with van der Waals surface area (Å²) in [7, 11) is 0. The Hall–Kier alpha value is -2.99. The van der Waals surface area contributed by atoms with Gasteiger partial charge in [0.2, 0.25) is 11.8 Å². The van der Waals surface area contributed by atoms with E-state index in [0.717, 1.165) is 27.5 Å². The summed E-state index contributed by atoms with van der Waals surface area (Å²) >= 11 is 1.61. The molecule has 2 aromatic carbocycles. The summed E-state index contributed by atoms with van der Waals surface area (Å²) in [5, 5.41) is 5.97. The van der Waals surface area contributed by atoms with Gasteiger partial charge >= 0.3 is 0 Å². The zero-order chi connectivity index (χ0) is 20.4. The van der Waals surface area contributed by atoms with Crippen LogP contribution in [0.4, 0.5) is 5.69 Å². The lowest BCUT2D eigenvalue weighted by atomic mass is 10.1. The number of likely N-dealkylation sites (tertiary alicyclic amines) is 1. The maximum atomic E-state index is 12.5. The summed E-state index contributed by atoms with van der Waals surface area (Å²) in [5.74, 6) is -0.348. The van der Waals surface area contributed by atoms with Crippen LogP contribution in [-0.4, -0.2) is 34.3 Å². The fourth-order valence-electron chi connectivity index (χ4n) is 3.49. The Bertz CT molecular complexity index is 1010. The molecule has 0 saturated carbocycles. The van der Waals surface area contributed by atoms with E-state index in [4.69, 9.17) is 4.98 Å². The van der Waals surface area contributed by atoms with Gasteiger partial charge in [0, 0.05) is 41.2 Å². The Labute approximate surface area is 174 Å². The van der Waals surface area contributed by atoms with Crippen molar-refractivity contribution in [3.05, 3.63) is 60.0 Å². The van der Waals surface area contributed by atoms with Crippen LogP contribution in [0.3, 0.4) is 0 Å². The van der Waals surface area contributed by atoms with Crippen molar-refractivity contribution >= 4 is 28.8 Å². The molecule has 29 heavy (non-hydrogen) atoms. The summed E-state index contributed by atoms with van der Waals surface area (Å²) in [6.07, 6.45) is 0.281. The van der Waals surface area contributed by atoms with Gasteiger partial charge in [0.05, 0.1) is 11.6 Å². The monoisotopic (exact) mass is 405 g/mol. The second kappa shape index (κ2) is 8.17. The zero-order valence-corrected chi connectivity index (χ0v) is 17.3.